The third-order valence-electron chi connectivity index (χ3n) is 2.03. The second-order valence-corrected chi connectivity index (χ2v) is 3.46. The number of nitrogens with zero attached hydrogens (tertiary/aromatic N) is 1. The van der Waals surface area contributed by atoms with Crippen LogP contribution in [0, 0.1) is 5.95 Å². The zero-order chi connectivity index (χ0) is 8.77. The van der Waals surface area contributed by atoms with Crippen LogP contribution in [0.25, 0.3) is 0 Å². The number of halogens is 2. The van der Waals surface area contributed by atoms with Crippen LogP contribution in [0.1, 0.15) is 18.4 Å². The van der Waals surface area contributed by atoms with Gasteiger partial charge in [-0.1, -0.05) is 11.6 Å². The Hall–Kier alpha value is -0.670. The van der Waals surface area contributed by atoms with Gasteiger partial charge >= 0.3 is 0 Å². The molecule has 0 bridgehead atoms. The molecule has 1 fully saturated rings. The SMILES string of the molecule is OC1(c2cc(Cl)cnc2F)CC1. The van der Waals surface area contributed by atoms with Crippen molar-refractivity contribution in [2.24, 2.45) is 0 Å². The molecule has 0 unspecified atom stereocenters. The highest BCUT2D eigenvalue weighted by molar-refractivity contribution is 6.30. The van der Waals surface area contributed by atoms with Crippen molar-refractivity contribution in [3.63, 3.8) is 0 Å². The summed E-state index contributed by atoms with van der Waals surface area (Å²) in [5.74, 6) is -0.626. The monoisotopic (exact) mass is 187 g/mol. The number of aliphatic hydroxyl groups is 1. The summed E-state index contributed by atoms with van der Waals surface area (Å²) in [7, 11) is 0. The van der Waals surface area contributed by atoms with Gasteiger partial charge in [-0.25, -0.2) is 4.98 Å². The molecule has 0 amide bonds. The van der Waals surface area contributed by atoms with E-state index in [2.05, 4.69) is 4.98 Å². The van der Waals surface area contributed by atoms with E-state index in [1.54, 1.807) is 0 Å². The van der Waals surface area contributed by atoms with Crippen molar-refractivity contribution in [3.8, 4) is 0 Å². The number of aromatic nitrogens is 1. The molecule has 2 nitrogen and oxygen atoms in total. The third-order valence-corrected chi connectivity index (χ3v) is 2.24. The van der Waals surface area contributed by atoms with Gasteiger partial charge in [0.2, 0.25) is 5.95 Å². The van der Waals surface area contributed by atoms with Gasteiger partial charge in [0.25, 0.3) is 0 Å². The van der Waals surface area contributed by atoms with Gasteiger partial charge in [0.1, 0.15) is 0 Å². The fraction of sp³-hybridized carbons (Fsp3) is 0.375. The van der Waals surface area contributed by atoms with Crippen LogP contribution in [0.3, 0.4) is 0 Å². The molecule has 1 aromatic heterocycles. The number of hydrogen-bond acceptors (Lipinski definition) is 2. The smallest absolute Gasteiger partial charge is 0.219 e. The average molecular weight is 188 g/mol. The van der Waals surface area contributed by atoms with Crippen molar-refractivity contribution in [2.75, 3.05) is 0 Å². The molecule has 1 heterocycles. The number of hydrogen-bond donors (Lipinski definition) is 1. The molecule has 2 rings (SSSR count). The van der Waals surface area contributed by atoms with Crippen molar-refractivity contribution in [1.82, 2.24) is 4.98 Å². The molecule has 4 heteroatoms. The molecular weight excluding hydrogens is 181 g/mol. The summed E-state index contributed by atoms with van der Waals surface area (Å²) in [5, 5.41) is 9.92. The summed E-state index contributed by atoms with van der Waals surface area (Å²) in [6.07, 6.45) is 2.41. The van der Waals surface area contributed by atoms with E-state index in [-0.39, 0.29) is 5.56 Å². The van der Waals surface area contributed by atoms with E-state index in [1.165, 1.54) is 12.3 Å². The Kier molecular flexibility index (Phi) is 1.59. The van der Waals surface area contributed by atoms with Crippen molar-refractivity contribution >= 4 is 11.6 Å². The highest BCUT2D eigenvalue weighted by atomic mass is 35.5. The predicted octanol–water partition coefficient (Wildman–Crippen LogP) is 1.86. The van der Waals surface area contributed by atoms with Crippen LogP contribution in [-0.4, -0.2) is 10.1 Å². The molecule has 1 aliphatic rings. The lowest BCUT2D eigenvalue weighted by Gasteiger charge is -2.07. The Bertz CT molecular complexity index is 325. The van der Waals surface area contributed by atoms with Crippen LogP contribution >= 0.6 is 11.6 Å². The van der Waals surface area contributed by atoms with Crippen LogP contribution in [-0.2, 0) is 5.60 Å². The first kappa shape index (κ1) is 7.95. The van der Waals surface area contributed by atoms with Crippen LogP contribution in [0.15, 0.2) is 12.3 Å². The summed E-state index contributed by atoms with van der Waals surface area (Å²) >= 11 is 5.61. The molecule has 1 aromatic rings. The van der Waals surface area contributed by atoms with Gasteiger partial charge in [-0.3, -0.25) is 0 Å². The molecule has 0 saturated heterocycles. The summed E-state index contributed by atoms with van der Waals surface area (Å²) in [4.78, 5) is 3.43. The van der Waals surface area contributed by atoms with E-state index in [1.807, 2.05) is 0 Å². The minimum Gasteiger partial charge on any atom is -0.385 e. The summed E-state index contributed by atoms with van der Waals surface area (Å²) < 4.78 is 13.0. The number of rotatable bonds is 1. The standard InChI is InChI=1S/C8H7ClFNO/c9-5-3-6(7(10)11-4-5)8(12)1-2-8/h3-4,12H,1-2H2. The average Bonchev–Trinajstić information content (AvgIpc) is 2.75. The summed E-state index contributed by atoms with van der Waals surface area (Å²) in [5.41, 5.74) is -0.780. The topological polar surface area (TPSA) is 33.1 Å². The zero-order valence-corrected chi connectivity index (χ0v) is 6.98. The minimum atomic E-state index is -0.998. The second-order valence-electron chi connectivity index (χ2n) is 3.02. The highest BCUT2D eigenvalue weighted by Crippen LogP contribution is 2.46. The lowest BCUT2D eigenvalue weighted by atomic mass is 10.1. The van der Waals surface area contributed by atoms with Crippen LogP contribution in [0.5, 0.6) is 0 Å². The molecule has 1 N–H and O–H groups in total. The fourth-order valence-corrected chi connectivity index (χ4v) is 1.29. The molecule has 64 valence electrons. The van der Waals surface area contributed by atoms with Crippen molar-refractivity contribution in [3.05, 3.63) is 28.8 Å². The van der Waals surface area contributed by atoms with E-state index < -0.39 is 11.5 Å². The highest BCUT2D eigenvalue weighted by Gasteiger charge is 2.44. The van der Waals surface area contributed by atoms with E-state index in [9.17, 15) is 9.50 Å². The molecule has 12 heavy (non-hydrogen) atoms. The van der Waals surface area contributed by atoms with Crippen LogP contribution in [0.4, 0.5) is 4.39 Å². The first-order valence-electron chi connectivity index (χ1n) is 3.66. The Labute approximate surface area is 74.0 Å². The quantitative estimate of drug-likeness (QED) is 0.681. The molecule has 0 spiro atoms. The first-order chi connectivity index (χ1) is 5.62. The van der Waals surface area contributed by atoms with Gasteiger partial charge in [-0.15, -0.1) is 0 Å². The van der Waals surface area contributed by atoms with E-state index in [0.717, 1.165) is 0 Å². The first-order valence-corrected chi connectivity index (χ1v) is 4.03. The maximum atomic E-state index is 13.0. The van der Waals surface area contributed by atoms with Crippen molar-refractivity contribution in [2.45, 2.75) is 18.4 Å². The molecular formula is C8H7ClFNO. The van der Waals surface area contributed by atoms with E-state index in [4.69, 9.17) is 11.6 Å². The van der Waals surface area contributed by atoms with E-state index in [0.29, 0.717) is 17.9 Å². The van der Waals surface area contributed by atoms with Crippen molar-refractivity contribution < 1.29 is 9.50 Å². The van der Waals surface area contributed by atoms with Gasteiger partial charge in [0.05, 0.1) is 10.6 Å². The normalized spacial score (nSPS) is 19.2. The number of pyridine rings is 1. The second kappa shape index (κ2) is 2.41. The fourth-order valence-electron chi connectivity index (χ4n) is 1.14. The minimum absolute atomic E-state index is 0.218. The largest absolute Gasteiger partial charge is 0.385 e. The Morgan fingerprint density at radius 3 is 2.83 bits per heavy atom. The maximum absolute atomic E-state index is 13.0. The van der Waals surface area contributed by atoms with Crippen molar-refractivity contribution in [1.29, 1.82) is 0 Å². The molecule has 0 atom stereocenters. The van der Waals surface area contributed by atoms with Gasteiger partial charge in [0, 0.05) is 11.8 Å². The summed E-state index contributed by atoms with van der Waals surface area (Å²) in [6.45, 7) is 0. The van der Waals surface area contributed by atoms with Gasteiger partial charge in [-0.2, -0.15) is 4.39 Å². The van der Waals surface area contributed by atoms with Gasteiger partial charge < -0.3 is 5.11 Å². The molecule has 1 aliphatic carbocycles. The Balaban J connectivity index is 2.48. The van der Waals surface area contributed by atoms with Gasteiger partial charge in [0.15, 0.2) is 0 Å². The lowest BCUT2D eigenvalue weighted by molar-refractivity contribution is 0.145. The molecule has 1 saturated carbocycles. The molecule has 0 radical (unpaired) electrons. The van der Waals surface area contributed by atoms with Crippen LogP contribution in [0.2, 0.25) is 5.02 Å². The third kappa shape index (κ3) is 1.19. The Morgan fingerprint density at radius 2 is 2.25 bits per heavy atom. The summed E-state index contributed by atoms with van der Waals surface area (Å²) in [6, 6.07) is 1.43. The lowest BCUT2D eigenvalue weighted by Crippen LogP contribution is -2.08. The van der Waals surface area contributed by atoms with Crippen LogP contribution < -0.4 is 0 Å². The Morgan fingerprint density at radius 1 is 1.58 bits per heavy atom. The van der Waals surface area contributed by atoms with E-state index >= 15 is 0 Å². The van der Waals surface area contributed by atoms with Gasteiger partial charge in [-0.05, 0) is 18.9 Å². The predicted molar refractivity (Wildman–Crippen MR) is 42.3 cm³/mol. The molecule has 0 aliphatic heterocycles. The zero-order valence-electron chi connectivity index (χ0n) is 6.22. The maximum Gasteiger partial charge on any atom is 0.219 e. The molecule has 0 aromatic carbocycles.